The predicted molar refractivity (Wildman–Crippen MR) is 159 cm³/mol. The van der Waals surface area contributed by atoms with Crippen molar-refractivity contribution in [1.29, 1.82) is 0 Å². The molecule has 1 aromatic heterocycles. The van der Waals surface area contributed by atoms with Gasteiger partial charge in [0.25, 0.3) is 0 Å². The van der Waals surface area contributed by atoms with Crippen molar-refractivity contribution in [2.24, 2.45) is 0 Å². The highest BCUT2D eigenvalue weighted by molar-refractivity contribution is 5.91. The third-order valence-electron chi connectivity index (χ3n) is 6.59. The number of esters is 1. The summed E-state index contributed by atoms with van der Waals surface area (Å²) >= 11 is 0. The first-order chi connectivity index (χ1) is 19.6. The van der Waals surface area contributed by atoms with Crippen LogP contribution in [-0.2, 0) is 4.74 Å². The Kier molecular flexibility index (Phi) is 8.11. The largest absolute Gasteiger partial charge is 0.493 e. The highest BCUT2D eigenvalue weighted by Gasteiger charge is 2.11. The lowest BCUT2D eigenvalue weighted by Gasteiger charge is -2.15. The molecule has 0 unspecified atom stereocenters. The van der Waals surface area contributed by atoms with Crippen LogP contribution < -0.4 is 19.5 Å². The highest BCUT2D eigenvalue weighted by Crippen LogP contribution is 2.35. The maximum absolute atomic E-state index is 11.9. The second kappa shape index (κ2) is 12.2. The summed E-state index contributed by atoms with van der Waals surface area (Å²) in [5.74, 6) is 1.73. The first-order valence-corrected chi connectivity index (χ1v) is 12.8. The fourth-order valence-electron chi connectivity index (χ4n) is 4.54. The number of rotatable bonds is 10. The fraction of sp³-hybridized carbons (Fsp3) is 0.152. The van der Waals surface area contributed by atoms with Crippen LogP contribution >= 0.6 is 0 Å². The Hall–Kier alpha value is -5.04. The van der Waals surface area contributed by atoms with Crippen LogP contribution in [0.3, 0.4) is 0 Å². The van der Waals surface area contributed by atoms with Crippen LogP contribution in [0.15, 0.2) is 96.7 Å². The average Bonchev–Trinajstić information content (AvgIpc) is 3.01. The van der Waals surface area contributed by atoms with Crippen molar-refractivity contribution in [2.75, 3.05) is 39.8 Å². The van der Waals surface area contributed by atoms with E-state index < -0.39 is 0 Å². The molecule has 0 atom stereocenters. The van der Waals surface area contributed by atoms with E-state index in [2.05, 4.69) is 34.6 Å². The summed E-state index contributed by atoms with van der Waals surface area (Å²) < 4.78 is 22.2. The Morgan fingerprint density at radius 3 is 2.42 bits per heavy atom. The molecule has 7 heteroatoms. The molecule has 0 aliphatic carbocycles. The SMILES string of the molecule is COC(=O)c1ccc(C=C(CNc2cnc3ccc(OC)c(OC)c3c2)COc2cccc3ccccc23)cc1. The predicted octanol–water partition coefficient (Wildman–Crippen LogP) is 6.77. The van der Waals surface area contributed by atoms with Crippen molar-refractivity contribution in [3.05, 3.63) is 108 Å². The van der Waals surface area contributed by atoms with Crippen molar-refractivity contribution >= 4 is 39.4 Å². The number of hydrogen-bond acceptors (Lipinski definition) is 7. The summed E-state index contributed by atoms with van der Waals surface area (Å²) in [4.78, 5) is 16.5. The molecule has 7 nitrogen and oxygen atoms in total. The molecule has 5 rings (SSSR count). The lowest BCUT2D eigenvalue weighted by molar-refractivity contribution is 0.0600. The van der Waals surface area contributed by atoms with E-state index >= 15 is 0 Å². The van der Waals surface area contributed by atoms with Crippen LogP contribution in [0.1, 0.15) is 15.9 Å². The number of ether oxygens (including phenoxy) is 4. The maximum Gasteiger partial charge on any atom is 0.337 e. The van der Waals surface area contributed by atoms with Gasteiger partial charge in [0, 0.05) is 17.3 Å². The topological polar surface area (TPSA) is 78.9 Å². The molecule has 0 aliphatic rings. The summed E-state index contributed by atoms with van der Waals surface area (Å²) in [6, 6.07) is 27.2. The number of anilines is 1. The Balaban J connectivity index is 1.42. The van der Waals surface area contributed by atoms with Gasteiger partial charge in [-0.25, -0.2) is 4.79 Å². The van der Waals surface area contributed by atoms with E-state index in [-0.39, 0.29) is 5.97 Å². The standard InChI is InChI=1S/C33H30N2O5/c1-37-31-16-15-29-28(32(31)38-2)18-26(20-35-29)34-19-23(17-22-11-13-25(14-12-22)33(36)39-3)21-40-30-10-6-8-24-7-4-5-9-27(24)30/h4-18,20,34H,19,21H2,1-3H3. The molecule has 0 bridgehead atoms. The monoisotopic (exact) mass is 534 g/mol. The van der Waals surface area contributed by atoms with Gasteiger partial charge in [-0.05, 0) is 52.9 Å². The lowest BCUT2D eigenvalue weighted by atomic mass is 10.1. The summed E-state index contributed by atoms with van der Waals surface area (Å²) in [6.07, 6.45) is 3.85. The van der Waals surface area contributed by atoms with Crippen LogP contribution in [0.5, 0.6) is 17.2 Å². The summed E-state index contributed by atoms with van der Waals surface area (Å²) in [7, 11) is 4.61. The van der Waals surface area contributed by atoms with E-state index in [0.29, 0.717) is 30.2 Å². The quantitative estimate of drug-likeness (QED) is 0.198. The van der Waals surface area contributed by atoms with Crippen molar-refractivity contribution in [2.45, 2.75) is 0 Å². The van der Waals surface area contributed by atoms with Crippen LogP contribution in [-0.4, -0.2) is 45.4 Å². The second-order valence-electron chi connectivity index (χ2n) is 9.13. The molecule has 0 radical (unpaired) electrons. The first kappa shape index (κ1) is 26.6. The molecule has 40 heavy (non-hydrogen) atoms. The number of fused-ring (bicyclic) bond motifs is 2. The van der Waals surface area contributed by atoms with Gasteiger partial charge in [-0.1, -0.05) is 54.6 Å². The second-order valence-corrected chi connectivity index (χ2v) is 9.13. The average molecular weight is 535 g/mol. The fourth-order valence-corrected chi connectivity index (χ4v) is 4.54. The number of carbonyl (C=O) groups excluding carboxylic acids is 1. The Morgan fingerprint density at radius 1 is 0.850 bits per heavy atom. The molecule has 0 saturated carbocycles. The van der Waals surface area contributed by atoms with Crippen molar-refractivity contribution in [3.63, 3.8) is 0 Å². The van der Waals surface area contributed by atoms with Gasteiger partial charge in [-0.3, -0.25) is 4.98 Å². The molecule has 0 aliphatic heterocycles. The Morgan fingerprint density at radius 2 is 1.65 bits per heavy atom. The highest BCUT2D eigenvalue weighted by atomic mass is 16.5. The minimum absolute atomic E-state index is 0.359. The number of methoxy groups -OCH3 is 3. The lowest BCUT2D eigenvalue weighted by Crippen LogP contribution is -2.12. The van der Waals surface area contributed by atoms with Gasteiger partial charge in [0.05, 0.1) is 44.3 Å². The number of benzene rings is 4. The van der Waals surface area contributed by atoms with Gasteiger partial charge in [-0.2, -0.15) is 0 Å². The van der Waals surface area contributed by atoms with Crippen LogP contribution in [0.2, 0.25) is 0 Å². The number of hydrogen-bond donors (Lipinski definition) is 1. The van der Waals surface area contributed by atoms with Gasteiger partial charge in [0.1, 0.15) is 12.4 Å². The first-order valence-electron chi connectivity index (χ1n) is 12.8. The summed E-state index contributed by atoms with van der Waals surface area (Å²) in [5.41, 5.74) is 4.07. The molecular weight excluding hydrogens is 504 g/mol. The molecule has 5 aromatic rings. The molecule has 0 saturated heterocycles. The third-order valence-corrected chi connectivity index (χ3v) is 6.59. The van der Waals surface area contributed by atoms with Gasteiger partial charge >= 0.3 is 5.97 Å². The van der Waals surface area contributed by atoms with E-state index in [1.807, 2.05) is 54.6 Å². The van der Waals surface area contributed by atoms with E-state index in [1.54, 1.807) is 32.5 Å². The molecule has 0 amide bonds. The third kappa shape index (κ3) is 5.83. The van der Waals surface area contributed by atoms with Crippen molar-refractivity contribution in [3.8, 4) is 17.2 Å². The van der Waals surface area contributed by atoms with E-state index in [9.17, 15) is 4.79 Å². The molecule has 1 heterocycles. The molecule has 1 N–H and O–H groups in total. The smallest absolute Gasteiger partial charge is 0.337 e. The van der Waals surface area contributed by atoms with Crippen molar-refractivity contribution < 1.29 is 23.7 Å². The van der Waals surface area contributed by atoms with Crippen LogP contribution in [0.4, 0.5) is 5.69 Å². The molecule has 202 valence electrons. The van der Waals surface area contributed by atoms with Gasteiger partial charge < -0.3 is 24.3 Å². The normalized spacial score (nSPS) is 11.3. The summed E-state index contributed by atoms with van der Waals surface area (Å²) in [5, 5.41) is 6.50. The molecule has 0 spiro atoms. The molecular formula is C33H30N2O5. The number of nitrogens with one attached hydrogen (secondary N) is 1. The Bertz CT molecular complexity index is 1670. The molecule has 4 aromatic carbocycles. The minimum Gasteiger partial charge on any atom is -0.493 e. The zero-order valence-corrected chi connectivity index (χ0v) is 22.6. The van der Waals surface area contributed by atoms with Gasteiger partial charge in [0.15, 0.2) is 11.5 Å². The minimum atomic E-state index is -0.368. The zero-order valence-electron chi connectivity index (χ0n) is 22.6. The number of nitrogens with zero attached hydrogens (tertiary/aromatic N) is 1. The van der Waals surface area contributed by atoms with E-state index in [0.717, 1.165) is 44.2 Å². The number of carbonyl (C=O) groups is 1. The van der Waals surface area contributed by atoms with Crippen LogP contribution in [0, 0.1) is 0 Å². The van der Waals surface area contributed by atoms with E-state index in [1.165, 1.54) is 7.11 Å². The number of aromatic nitrogens is 1. The van der Waals surface area contributed by atoms with Gasteiger partial charge in [-0.15, -0.1) is 0 Å². The summed E-state index contributed by atoms with van der Waals surface area (Å²) in [6.45, 7) is 0.862. The van der Waals surface area contributed by atoms with Crippen LogP contribution in [0.25, 0.3) is 27.8 Å². The van der Waals surface area contributed by atoms with Gasteiger partial charge in [0.2, 0.25) is 0 Å². The Labute approximate surface area is 233 Å². The van der Waals surface area contributed by atoms with Crippen molar-refractivity contribution in [1.82, 2.24) is 4.98 Å². The maximum atomic E-state index is 11.9. The number of pyridine rings is 1. The van der Waals surface area contributed by atoms with E-state index in [4.69, 9.17) is 18.9 Å². The molecule has 0 fully saturated rings. The zero-order chi connectivity index (χ0) is 27.9.